The van der Waals surface area contributed by atoms with E-state index in [1.165, 1.54) is 18.4 Å². The van der Waals surface area contributed by atoms with Gasteiger partial charge in [-0.05, 0) is 29.8 Å². The molecule has 0 aromatic heterocycles. The first-order valence-electron chi connectivity index (χ1n) is 5.82. The first-order chi connectivity index (χ1) is 9.15. The van der Waals surface area contributed by atoms with Crippen LogP contribution in [0.2, 0.25) is 0 Å². The quantitative estimate of drug-likeness (QED) is 0.733. The zero-order valence-corrected chi connectivity index (χ0v) is 9.95. The first kappa shape index (κ1) is 11.6. The standard InChI is InChI=1S/C15H12O4/c16-10-3-1-9(2-4-10)13-8-19-14-7-11(17)5-6-12(14)15(13)18/h1-8,15-18H. The summed E-state index contributed by atoms with van der Waals surface area (Å²) in [4.78, 5) is 0. The minimum absolute atomic E-state index is 0.0902. The van der Waals surface area contributed by atoms with Crippen LogP contribution in [0.25, 0.3) is 5.57 Å². The number of benzene rings is 2. The van der Waals surface area contributed by atoms with E-state index in [2.05, 4.69) is 0 Å². The molecule has 0 fully saturated rings. The van der Waals surface area contributed by atoms with E-state index in [4.69, 9.17) is 4.74 Å². The number of ether oxygens (including phenoxy) is 1. The predicted molar refractivity (Wildman–Crippen MR) is 69.8 cm³/mol. The molecule has 0 bridgehead atoms. The fourth-order valence-electron chi connectivity index (χ4n) is 2.09. The molecule has 19 heavy (non-hydrogen) atoms. The summed E-state index contributed by atoms with van der Waals surface area (Å²) in [6.07, 6.45) is 0.632. The van der Waals surface area contributed by atoms with Gasteiger partial charge in [-0.15, -0.1) is 0 Å². The zero-order chi connectivity index (χ0) is 13.4. The van der Waals surface area contributed by atoms with Gasteiger partial charge >= 0.3 is 0 Å². The Morgan fingerprint density at radius 3 is 2.32 bits per heavy atom. The van der Waals surface area contributed by atoms with E-state index >= 15 is 0 Å². The topological polar surface area (TPSA) is 69.9 Å². The number of aromatic hydroxyl groups is 2. The highest BCUT2D eigenvalue weighted by Crippen LogP contribution is 2.40. The van der Waals surface area contributed by atoms with E-state index in [1.807, 2.05) is 0 Å². The highest BCUT2D eigenvalue weighted by molar-refractivity contribution is 5.73. The Morgan fingerprint density at radius 1 is 0.895 bits per heavy atom. The lowest BCUT2D eigenvalue weighted by Gasteiger charge is -2.23. The summed E-state index contributed by atoms with van der Waals surface area (Å²) < 4.78 is 5.43. The van der Waals surface area contributed by atoms with Crippen LogP contribution < -0.4 is 4.74 Å². The second-order valence-corrected chi connectivity index (χ2v) is 4.36. The summed E-state index contributed by atoms with van der Waals surface area (Å²) in [7, 11) is 0. The highest BCUT2D eigenvalue weighted by Gasteiger charge is 2.24. The molecule has 1 heterocycles. The van der Waals surface area contributed by atoms with E-state index in [0.717, 1.165) is 5.56 Å². The maximum atomic E-state index is 10.3. The molecule has 1 aliphatic heterocycles. The summed E-state index contributed by atoms with van der Waals surface area (Å²) in [6.45, 7) is 0. The smallest absolute Gasteiger partial charge is 0.136 e. The lowest BCUT2D eigenvalue weighted by atomic mass is 9.94. The number of aliphatic hydroxyl groups excluding tert-OH is 1. The number of rotatable bonds is 1. The van der Waals surface area contributed by atoms with Crippen molar-refractivity contribution in [2.75, 3.05) is 0 Å². The molecule has 0 saturated carbocycles. The van der Waals surface area contributed by atoms with E-state index in [9.17, 15) is 15.3 Å². The van der Waals surface area contributed by atoms with Crippen molar-refractivity contribution in [1.29, 1.82) is 0 Å². The predicted octanol–water partition coefficient (Wildman–Crippen LogP) is 2.56. The molecule has 3 N–H and O–H groups in total. The van der Waals surface area contributed by atoms with Gasteiger partial charge in [-0.2, -0.15) is 0 Å². The van der Waals surface area contributed by atoms with Gasteiger partial charge in [0.25, 0.3) is 0 Å². The van der Waals surface area contributed by atoms with Gasteiger partial charge in [-0.3, -0.25) is 0 Å². The Morgan fingerprint density at radius 2 is 1.58 bits per heavy atom. The Labute approximate surface area is 109 Å². The molecule has 2 aromatic carbocycles. The SMILES string of the molecule is Oc1ccc(C2=COc3cc(O)ccc3C2O)cc1. The van der Waals surface area contributed by atoms with Gasteiger partial charge in [0.1, 0.15) is 23.4 Å². The number of phenolic OH excluding ortho intramolecular Hbond substituents is 2. The first-order valence-corrected chi connectivity index (χ1v) is 5.82. The van der Waals surface area contributed by atoms with Crippen molar-refractivity contribution in [3.05, 3.63) is 59.9 Å². The second kappa shape index (κ2) is 4.33. The molecular formula is C15H12O4. The maximum absolute atomic E-state index is 10.3. The monoisotopic (exact) mass is 256 g/mol. The van der Waals surface area contributed by atoms with Crippen LogP contribution in [0.3, 0.4) is 0 Å². The van der Waals surface area contributed by atoms with Crippen LogP contribution in [0.1, 0.15) is 17.2 Å². The molecular weight excluding hydrogens is 244 g/mol. The van der Waals surface area contributed by atoms with Gasteiger partial charge in [-0.25, -0.2) is 0 Å². The third kappa shape index (κ3) is 2.02. The van der Waals surface area contributed by atoms with Crippen molar-refractivity contribution in [2.24, 2.45) is 0 Å². The normalized spacial score (nSPS) is 17.3. The Hall–Kier alpha value is -2.46. The van der Waals surface area contributed by atoms with Crippen LogP contribution in [-0.2, 0) is 0 Å². The largest absolute Gasteiger partial charge is 0.508 e. The van der Waals surface area contributed by atoms with E-state index < -0.39 is 6.10 Å². The van der Waals surface area contributed by atoms with Crippen molar-refractivity contribution in [1.82, 2.24) is 0 Å². The molecule has 2 aromatic rings. The zero-order valence-electron chi connectivity index (χ0n) is 9.95. The average Bonchev–Trinajstić information content (AvgIpc) is 2.40. The van der Waals surface area contributed by atoms with Gasteiger partial charge in [0.15, 0.2) is 0 Å². The van der Waals surface area contributed by atoms with Gasteiger partial charge in [0, 0.05) is 17.2 Å². The number of fused-ring (bicyclic) bond motifs is 1. The summed E-state index contributed by atoms with van der Waals surface area (Å²) in [5, 5.41) is 29.0. The van der Waals surface area contributed by atoms with Crippen LogP contribution in [0.5, 0.6) is 17.2 Å². The Balaban J connectivity index is 2.00. The molecule has 1 aliphatic rings. The molecule has 0 amide bonds. The minimum atomic E-state index is -0.825. The molecule has 0 radical (unpaired) electrons. The summed E-state index contributed by atoms with van der Waals surface area (Å²) in [5.74, 6) is 0.698. The van der Waals surface area contributed by atoms with Crippen LogP contribution in [0, 0.1) is 0 Å². The number of aliphatic hydroxyl groups is 1. The fraction of sp³-hybridized carbons (Fsp3) is 0.0667. The van der Waals surface area contributed by atoms with Gasteiger partial charge < -0.3 is 20.1 Å². The van der Waals surface area contributed by atoms with Crippen LogP contribution in [0.4, 0.5) is 0 Å². The lowest BCUT2D eigenvalue weighted by Crippen LogP contribution is -2.09. The van der Waals surface area contributed by atoms with E-state index in [1.54, 1.807) is 30.3 Å². The van der Waals surface area contributed by atoms with Crippen molar-refractivity contribution < 1.29 is 20.1 Å². The molecule has 1 atom stereocenters. The summed E-state index contributed by atoms with van der Waals surface area (Å²) >= 11 is 0. The maximum Gasteiger partial charge on any atom is 0.136 e. The van der Waals surface area contributed by atoms with Crippen molar-refractivity contribution in [3.8, 4) is 17.2 Å². The van der Waals surface area contributed by atoms with Crippen LogP contribution in [-0.4, -0.2) is 15.3 Å². The third-order valence-electron chi connectivity index (χ3n) is 3.10. The summed E-state index contributed by atoms with van der Waals surface area (Å²) in [5.41, 5.74) is 1.98. The molecule has 4 heteroatoms. The number of hydrogen-bond donors (Lipinski definition) is 3. The molecule has 3 rings (SSSR count). The molecule has 96 valence electrons. The molecule has 0 aliphatic carbocycles. The highest BCUT2D eigenvalue weighted by atomic mass is 16.5. The molecule has 4 nitrogen and oxygen atoms in total. The molecule has 0 saturated heterocycles. The number of phenols is 2. The molecule has 1 unspecified atom stereocenters. The number of hydrogen-bond acceptors (Lipinski definition) is 4. The van der Waals surface area contributed by atoms with E-state index in [-0.39, 0.29) is 11.5 Å². The fourth-order valence-corrected chi connectivity index (χ4v) is 2.09. The van der Waals surface area contributed by atoms with Gasteiger partial charge in [0.2, 0.25) is 0 Å². The van der Waals surface area contributed by atoms with Crippen LogP contribution in [0.15, 0.2) is 48.7 Å². The Bertz CT molecular complexity index is 644. The van der Waals surface area contributed by atoms with Gasteiger partial charge in [0.05, 0.1) is 6.26 Å². The van der Waals surface area contributed by atoms with E-state index in [0.29, 0.717) is 16.9 Å². The second-order valence-electron chi connectivity index (χ2n) is 4.36. The third-order valence-corrected chi connectivity index (χ3v) is 3.10. The van der Waals surface area contributed by atoms with Crippen molar-refractivity contribution >= 4 is 5.57 Å². The average molecular weight is 256 g/mol. The van der Waals surface area contributed by atoms with Crippen molar-refractivity contribution in [2.45, 2.75) is 6.10 Å². The lowest BCUT2D eigenvalue weighted by molar-refractivity contribution is 0.224. The molecule has 0 spiro atoms. The summed E-state index contributed by atoms with van der Waals surface area (Å²) in [6, 6.07) is 11.1. The Kier molecular flexibility index (Phi) is 2.65. The van der Waals surface area contributed by atoms with Crippen LogP contribution >= 0.6 is 0 Å². The minimum Gasteiger partial charge on any atom is -0.508 e. The van der Waals surface area contributed by atoms with Crippen molar-refractivity contribution in [3.63, 3.8) is 0 Å². The van der Waals surface area contributed by atoms with Gasteiger partial charge in [-0.1, -0.05) is 12.1 Å².